The minimum Gasteiger partial charge on any atom is -0.494 e. The number of ether oxygens (including phenoxy) is 1. The van der Waals surface area contributed by atoms with E-state index < -0.39 is 0 Å². The SMILES string of the molecule is COc1ccc(C)cc1-n1ccc(C(=O)NCCCN)n1.Cl. The maximum Gasteiger partial charge on any atom is 0.271 e. The highest BCUT2D eigenvalue weighted by Gasteiger charge is 2.12. The fraction of sp³-hybridized carbons (Fsp3) is 0.333. The number of hydrogen-bond acceptors (Lipinski definition) is 4. The van der Waals surface area contributed by atoms with Gasteiger partial charge in [-0.25, -0.2) is 4.68 Å². The van der Waals surface area contributed by atoms with Crippen molar-refractivity contribution in [1.82, 2.24) is 15.1 Å². The van der Waals surface area contributed by atoms with Crippen LogP contribution in [0.15, 0.2) is 30.5 Å². The number of halogens is 1. The zero-order valence-corrected chi connectivity index (χ0v) is 13.5. The highest BCUT2D eigenvalue weighted by atomic mass is 35.5. The van der Waals surface area contributed by atoms with Gasteiger partial charge < -0.3 is 15.8 Å². The molecule has 0 saturated carbocycles. The summed E-state index contributed by atoms with van der Waals surface area (Å²) in [4.78, 5) is 11.9. The highest BCUT2D eigenvalue weighted by molar-refractivity contribution is 5.92. The third kappa shape index (κ3) is 4.22. The molecule has 3 N–H and O–H groups in total. The van der Waals surface area contributed by atoms with Crippen molar-refractivity contribution < 1.29 is 9.53 Å². The molecule has 0 spiro atoms. The van der Waals surface area contributed by atoms with Crippen LogP contribution in [0.25, 0.3) is 5.69 Å². The number of methoxy groups -OCH3 is 1. The molecule has 0 fully saturated rings. The number of nitrogens with one attached hydrogen (secondary N) is 1. The zero-order valence-electron chi connectivity index (χ0n) is 12.7. The number of nitrogens with two attached hydrogens (primary N) is 1. The van der Waals surface area contributed by atoms with Gasteiger partial charge in [0.15, 0.2) is 5.69 Å². The molecule has 0 atom stereocenters. The molecule has 120 valence electrons. The Morgan fingerprint density at radius 1 is 1.41 bits per heavy atom. The van der Waals surface area contributed by atoms with Gasteiger partial charge in [0.2, 0.25) is 0 Å². The van der Waals surface area contributed by atoms with Gasteiger partial charge in [-0.15, -0.1) is 12.4 Å². The van der Waals surface area contributed by atoms with Crippen LogP contribution in [0.5, 0.6) is 5.75 Å². The average Bonchev–Trinajstić information content (AvgIpc) is 2.97. The van der Waals surface area contributed by atoms with Crippen LogP contribution in [0.2, 0.25) is 0 Å². The van der Waals surface area contributed by atoms with Gasteiger partial charge in [0.1, 0.15) is 11.4 Å². The summed E-state index contributed by atoms with van der Waals surface area (Å²) >= 11 is 0. The van der Waals surface area contributed by atoms with E-state index in [1.807, 2.05) is 25.1 Å². The smallest absolute Gasteiger partial charge is 0.271 e. The van der Waals surface area contributed by atoms with E-state index >= 15 is 0 Å². The van der Waals surface area contributed by atoms with E-state index in [0.717, 1.165) is 17.7 Å². The molecule has 0 radical (unpaired) electrons. The average molecular weight is 325 g/mol. The molecule has 0 bridgehead atoms. The Kier molecular flexibility index (Phi) is 6.88. The lowest BCUT2D eigenvalue weighted by atomic mass is 10.2. The molecule has 1 heterocycles. The van der Waals surface area contributed by atoms with Crippen LogP contribution in [0.1, 0.15) is 22.5 Å². The predicted molar refractivity (Wildman–Crippen MR) is 88.1 cm³/mol. The third-order valence-corrected chi connectivity index (χ3v) is 3.07. The molecule has 1 aromatic heterocycles. The maximum absolute atomic E-state index is 11.9. The number of amides is 1. The fourth-order valence-corrected chi connectivity index (χ4v) is 1.95. The minimum absolute atomic E-state index is 0. The van der Waals surface area contributed by atoms with Crippen molar-refractivity contribution in [2.75, 3.05) is 20.2 Å². The minimum atomic E-state index is -0.200. The summed E-state index contributed by atoms with van der Waals surface area (Å²) in [6, 6.07) is 7.49. The van der Waals surface area contributed by atoms with E-state index in [2.05, 4.69) is 10.4 Å². The molecule has 2 rings (SSSR count). The number of nitrogens with zero attached hydrogens (tertiary/aromatic N) is 2. The number of rotatable bonds is 6. The van der Waals surface area contributed by atoms with Crippen molar-refractivity contribution in [2.24, 2.45) is 5.73 Å². The van der Waals surface area contributed by atoms with Gasteiger partial charge >= 0.3 is 0 Å². The van der Waals surface area contributed by atoms with Gasteiger partial charge in [-0.3, -0.25) is 4.79 Å². The van der Waals surface area contributed by atoms with E-state index in [1.165, 1.54) is 0 Å². The Balaban J connectivity index is 0.00000242. The van der Waals surface area contributed by atoms with Gasteiger partial charge in [-0.05, 0) is 43.7 Å². The summed E-state index contributed by atoms with van der Waals surface area (Å²) in [5, 5.41) is 7.08. The molecule has 7 heteroatoms. The van der Waals surface area contributed by atoms with Crippen molar-refractivity contribution in [3.63, 3.8) is 0 Å². The summed E-state index contributed by atoms with van der Waals surface area (Å²) in [6.07, 6.45) is 2.49. The molecule has 0 aliphatic carbocycles. The van der Waals surface area contributed by atoms with Gasteiger partial charge in [0.05, 0.1) is 7.11 Å². The number of carbonyl (C=O) groups excluding carboxylic acids is 1. The second-order valence-corrected chi connectivity index (χ2v) is 4.72. The summed E-state index contributed by atoms with van der Waals surface area (Å²) in [5.74, 6) is 0.507. The zero-order chi connectivity index (χ0) is 15.2. The van der Waals surface area contributed by atoms with Crippen LogP contribution >= 0.6 is 12.4 Å². The van der Waals surface area contributed by atoms with Crippen LogP contribution in [0.4, 0.5) is 0 Å². The lowest BCUT2D eigenvalue weighted by Crippen LogP contribution is -2.26. The number of aryl methyl sites for hydroxylation is 1. The Hall–Kier alpha value is -2.05. The molecule has 1 amide bonds. The summed E-state index contributed by atoms with van der Waals surface area (Å²) < 4.78 is 6.97. The lowest BCUT2D eigenvalue weighted by molar-refractivity contribution is 0.0948. The number of carbonyl (C=O) groups is 1. The quantitative estimate of drug-likeness (QED) is 0.792. The Bertz CT molecular complexity index is 628. The first kappa shape index (κ1) is 18.0. The predicted octanol–water partition coefficient (Wildman–Crippen LogP) is 1.69. The molecular weight excluding hydrogens is 304 g/mol. The molecule has 0 unspecified atom stereocenters. The van der Waals surface area contributed by atoms with Gasteiger partial charge in [0.25, 0.3) is 5.91 Å². The Morgan fingerprint density at radius 2 is 2.18 bits per heavy atom. The van der Waals surface area contributed by atoms with Crippen molar-refractivity contribution in [3.8, 4) is 11.4 Å². The molecule has 1 aromatic carbocycles. The van der Waals surface area contributed by atoms with Crippen LogP contribution in [0.3, 0.4) is 0 Å². The lowest BCUT2D eigenvalue weighted by Gasteiger charge is -2.09. The first-order valence-corrected chi connectivity index (χ1v) is 6.84. The first-order valence-electron chi connectivity index (χ1n) is 6.84. The van der Waals surface area contributed by atoms with Crippen molar-refractivity contribution in [3.05, 3.63) is 41.7 Å². The second kappa shape index (κ2) is 8.41. The summed E-state index contributed by atoms with van der Waals surface area (Å²) in [7, 11) is 1.61. The molecule has 0 aliphatic heterocycles. The van der Waals surface area contributed by atoms with E-state index in [9.17, 15) is 4.79 Å². The molecule has 0 aliphatic rings. The molecule has 0 saturated heterocycles. The Morgan fingerprint density at radius 3 is 2.86 bits per heavy atom. The van der Waals surface area contributed by atoms with E-state index in [0.29, 0.717) is 24.5 Å². The second-order valence-electron chi connectivity index (χ2n) is 4.72. The third-order valence-electron chi connectivity index (χ3n) is 3.07. The van der Waals surface area contributed by atoms with Gasteiger partial charge in [0, 0.05) is 12.7 Å². The van der Waals surface area contributed by atoms with Gasteiger partial charge in [-0.2, -0.15) is 5.10 Å². The number of benzene rings is 1. The molecule has 22 heavy (non-hydrogen) atoms. The fourth-order valence-electron chi connectivity index (χ4n) is 1.95. The summed E-state index contributed by atoms with van der Waals surface area (Å²) in [6.45, 7) is 3.10. The maximum atomic E-state index is 11.9. The Labute approximate surface area is 136 Å². The van der Waals surface area contributed by atoms with Gasteiger partial charge in [-0.1, -0.05) is 6.07 Å². The number of hydrogen-bond donors (Lipinski definition) is 2. The normalized spacial score (nSPS) is 9.95. The van der Waals surface area contributed by atoms with Crippen LogP contribution in [-0.4, -0.2) is 35.9 Å². The van der Waals surface area contributed by atoms with Crippen LogP contribution in [0, 0.1) is 6.92 Å². The first-order chi connectivity index (χ1) is 10.2. The van der Waals surface area contributed by atoms with E-state index in [1.54, 1.807) is 24.1 Å². The topological polar surface area (TPSA) is 82.2 Å². The molecular formula is C15H21ClN4O2. The monoisotopic (exact) mass is 324 g/mol. The van der Waals surface area contributed by atoms with E-state index in [-0.39, 0.29) is 18.3 Å². The van der Waals surface area contributed by atoms with Crippen molar-refractivity contribution in [2.45, 2.75) is 13.3 Å². The highest BCUT2D eigenvalue weighted by Crippen LogP contribution is 2.23. The van der Waals surface area contributed by atoms with Crippen molar-refractivity contribution >= 4 is 18.3 Å². The van der Waals surface area contributed by atoms with Crippen LogP contribution in [-0.2, 0) is 0 Å². The number of aromatic nitrogens is 2. The van der Waals surface area contributed by atoms with E-state index in [4.69, 9.17) is 10.5 Å². The van der Waals surface area contributed by atoms with Crippen molar-refractivity contribution in [1.29, 1.82) is 0 Å². The molecule has 2 aromatic rings. The standard InChI is InChI=1S/C15H20N4O2.ClH/c1-11-4-5-14(21-2)13(10-11)19-9-6-12(18-19)15(20)17-8-3-7-16;/h4-6,9-10H,3,7-8,16H2,1-2H3,(H,17,20);1H. The molecule has 6 nitrogen and oxygen atoms in total. The largest absolute Gasteiger partial charge is 0.494 e. The summed E-state index contributed by atoms with van der Waals surface area (Å²) in [5.41, 5.74) is 7.66. The van der Waals surface area contributed by atoms with Crippen LogP contribution < -0.4 is 15.8 Å².